The monoisotopic (exact) mass is 283 g/mol. The molecule has 0 fully saturated rings. The molecule has 0 saturated carbocycles. The number of nitrogens with zero attached hydrogens (tertiary/aromatic N) is 2. The van der Waals surface area contributed by atoms with Gasteiger partial charge in [0.25, 0.3) is 0 Å². The molecule has 2 N–H and O–H groups in total. The molecule has 21 heavy (non-hydrogen) atoms. The third-order valence-corrected chi connectivity index (χ3v) is 3.57. The molecule has 5 nitrogen and oxygen atoms in total. The number of ether oxygens (including phenoxy) is 2. The van der Waals surface area contributed by atoms with E-state index in [9.17, 15) is 0 Å². The van der Waals surface area contributed by atoms with Crippen LogP contribution in [-0.2, 0) is 0 Å². The minimum atomic E-state index is -0.379. The molecule has 0 saturated heterocycles. The fraction of sp³-hybridized carbons (Fsp3) is 0.188. The highest BCUT2D eigenvalue weighted by Gasteiger charge is 2.21. The van der Waals surface area contributed by atoms with Crippen molar-refractivity contribution in [3.05, 3.63) is 59.9 Å². The summed E-state index contributed by atoms with van der Waals surface area (Å²) in [4.78, 5) is 0. The van der Waals surface area contributed by atoms with E-state index in [0.29, 0.717) is 11.5 Å². The van der Waals surface area contributed by atoms with Gasteiger partial charge in [0.15, 0.2) is 0 Å². The Morgan fingerprint density at radius 2 is 1.76 bits per heavy atom. The molecule has 3 rings (SSSR count). The Balaban J connectivity index is 2.16. The van der Waals surface area contributed by atoms with E-state index in [0.717, 1.165) is 16.6 Å². The van der Waals surface area contributed by atoms with Crippen LogP contribution in [0.15, 0.2) is 48.8 Å². The maximum atomic E-state index is 6.47. The lowest BCUT2D eigenvalue weighted by molar-refractivity contribution is 0.382. The van der Waals surface area contributed by atoms with E-state index in [-0.39, 0.29) is 6.04 Å². The van der Waals surface area contributed by atoms with Gasteiger partial charge < -0.3 is 15.2 Å². The maximum Gasteiger partial charge on any atom is 0.127 e. The van der Waals surface area contributed by atoms with Gasteiger partial charge >= 0.3 is 0 Å². The smallest absolute Gasteiger partial charge is 0.127 e. The normalized spacial score (nSPS) is 12.3. The summed E-state index contributed by atoms with van der Waals surface area (Å²) in [5, 5.41) is 4.33. The number of rotatable bonds is 4. The number of pyridine rings is 1. The minimum absolute atomic E-state index is 0.379. The summed E-state index contributed by atoms with van der Waals surface area (Å²) in [6.45, 7) is 0. The lowest BCUT2D eigenvalue weighted by Gasteiger charge is -2.18. The first-order chi connectivity index (χ1) is 10.3. The molecule has 2 heterocycles. The molecule has 0 aliphatic heterocycles. The standard InChI is InChI=1S/C16H17N3O2/c1-20-13-7-5-8-14(21-2)15(13)16(17)11-10-18-19-9-4-3-6-12(11)19/h3-10,16H,17H2,1-2H3. The molecule has 0 aliphatic rings. The molecule has 1 unspecified atom stereocenters. The highest BCUT2D eigenvalue weighted by Crippen LogP contribution is 2.36. The van der Waals surface area contributed by atoms with Gasteiger partial charge in [-0.15, -0.1) is 0 Å². The van der Waals surface area contributed by atoms with Crippen molar-refractivity contribution in [2.45, 2.75) is 6.04 Å². The number of aromatic nitrogens is 2. The summed E-state index contributed by atoms with van der Waals surface area (Å²) in [7, 11) is 3.25. The van der Waals surface area contributed by atoms with Crippen LogP contribution in [0.3, 0.4) is 0 Å². The minimum Gasteiger partial charge on any atom is -0.496 e. The van der Waals surface area contributed by atoms with E-state index in [1.165, 1.54) is 0 Å². The van der Waals surface area contributed by atoms with Crippen molar-refractivity contribution in [3.63, 3.8) is 0 Å². The summed E-state index contributed by atoms with van der Waals surface area (Å²) in [5.41, 5.74) is 9.19. The van der Waals surface area contributed by atoms with Crippen LogP contribution < -0.4 is 15.2 Å². The van der Waals surface area contributed by atoms with Gasteiger partial charge in [-0.3, -0.25) is 0 Å². The van der Waals surface area contributed by atoms with Crippen LogP contribution in [0.1, 0.15) is 17.2 Å². The van der Waals surface area contributed by atoms with Gasteiger partial charge in [-0.2, -0.15) is 5.10 Å². The van der Waals surface area contributed by atoms with E-state index < -0.39 is 0 Å². The van der Waals surface area contributed by atoms with Crippen molar-refractivity contribution < 1.29 is 9.47 Å². The van der Waals surface area contributed by atoms with Crippen molar-refractivity contribution in [2.24, 2.45) is 5.73 Å². The first kappa shape index (κ1) is 13.5. The molecule has 5 heteroatoms. The van der Waals surface area contributed by atoms with Crippen molar-refractivity contribution in [1.82, 2.24) is 9.61 Å². The highest BCUT2D eigenvalue weighted by molar-refractivity contribution is 5.60. The van der Waals surface area contributed by atoms with Gasteiger partial charge in [-0.1, -0.05) is 12.1 Å². The summed E-state index contributed by atoms with van der Waals surface area (Å²) >= 11 is 0. The van der Waals surface area contributed by atoms with E-state index >= 15 is 0 Å². The quantitative estimate of drug-likeness (QED) is 0.798. The third-order valence-electron chi connectivity index (χ3n) is 3.57. The van der Waals surface area contributed by atoms with Crippen LogP contribution in [0.4, 0.5) is 0 Å². The average Bonchev–Trinajstić information content (AvgIpc) is 2.97. The molecular weight excluding hydrogens is 266 g/mol. The van der Waals surface area contributed by atoms with E-state index in [2.05, 4.69) is 5.10 Å². The second-order valence-electron chi connectivity index (χ2n) is 4.68. The first-order valence-electron chi connectivity index (χ1n) is 6.65. The number of hydrogen-bond donors (Lipinski definition) is 1. The summed E-state index contributed by atoms with van der Waals surface area (Å²) in [5.74, 6) is 1.41. The molecular formula is C16H17N3O2. The predicted octanol–water partition coefficient (Wildman–Crippen LogP) is 2.40. The molecule has 0 amide bonds. The Morgan fingerprint density at radius 1 is 1.05 bits per heavy atom. The van der Waals surface area contributed by atoms with Gasteiger partial charge in [0.2, 0.25) is 0 Å². The second-order valence-corrected chi connectivity index (χ2v) is 4.68. The van der Waals surface area contributed by atoms with Crippen molar-refractivity contribution in [1.29, 1.82) is 0 Å². The van der Waals surface area contributed by atoms with Gasteiger partial charge in [-0.25, -0.2) is 4.52 Å². The fourth-order valence-corrected chi connectivity index (χ4v) is 2.54. The number of hydrogen-bond acceptors (Lipinski definition) is 4. The van der Waals surface area contributed by atoms with Crippen LogP contribution in [0.25, 0.3) is 5.52 Å². The Hall–Kier alpha value is -2.53. The molecule has 1 aromatic carbocycles. The topological polar surface area (TPSA) is 61.8 Å². The third kappa shape index (κ3) is 2.21. The van der Waals surface area contributed by atoms with Gasteiger partial charge in [0.1, 0.15) is 11.5 Å². The molecule has 0 aliphatic carbocycles. The van der Waals surface area contributed by atoms with E-state index in [4.69, 9.17) is 15.2 Å². The van der Waals surface area contributed by atoms with Crippen LogP contribution >= 0.6 is 0 Å². The molecule has 1 atom stereocenters. The van der Waals surface area contributed by atoms with E-state index in [1.807, 2.05) is 42.6 Å². The van der Waals surface area contributed by atoms with Gasteiger partial charge in [0, 0.05) is 11.8 Å². The molecule has 108 valence electrons. The molecule has 0 bridgehead atoms. The zero-order chi connectivity index (χ0) is 14.8. The maximum absolute atomic E-state index is 6.47. The number of fused-ring (bicyclic) bond motifs is 1. The predicted molar refractivity (Wildman–Crippen MR) is 80.8 cm³/mol. The van der Waals surface area contributed by atoms with Crippen LogP contribution in [0.2, 0.25) is 0 Å². The lowest BCUT2D eigenvalue weighted by atomic mass is 9.98. The highest BCUT2D eigenvalue weighted by atomic mass is 16.5. The largest absolute Gasteiger partial charge is 0.496 e. The zero-order valence-corrected chi connectivity index (χ0v) is 12.0. The molecule has 0 spiro atoms. The Kier molecular flexibility index (Phi) is 3.50. The second kappa shape index (κ2) is 5.46. The van der Waals surface area contributed by atoms with E-state index in [1.54, 1.807) is 24.9 Å². The summed E-state index contributed by atoms with van der Waals surface area (Å²) in [6, 6.07) is 11.1. The zero-order valence-electron chi connectivity index (χ0n) is 12.0. The fourth-order valence-electron chi connectivity index (χ4n) is 2.54. The SMILES string of the molecule is COc1cccc(OC)c1C(N)c1cnn2ccccc12. The Morgan fingerprint density at radius 3 is 2.43 bits per heavy atom. The Labute approximate surface area is 122 Å². The van der Waals surface area contributed by atoms with Crippen LogP contribution in [-0.4, -0.2) is 23.8 Å². The van der Waals surface area contributed by atoms with Gasteiger partial charge in [0.05, 0.1) is 37.5 Å². The number of nitrogens with two attached hydrogens (primary N) is 1. The first-order valence-corrected chi connectivity index (χ1v) is 6.65. The van der Waals surface area contributed by atoms with Crippen molar-refractivity contribution in [2.75, 3.05) is 14.2 Å². The number of benzene rings is 1. The van der Waals surface area contributed by atoms with Gasteiger partial charge in [-0.05, 0) is 24.3 Å². The molecule has 2 aromatic heterocycles. The van der Waals surface area contributed by atoms with Crippen LogP contribution in [0, 0.1) is 0 Å². The van der Waals surface area contributed by atoms with Crippen LogP contribution in [0.5, 0.6) is 11.5 Å². The Bertz CT molecular complexity index is 745. The average molecular weight is 283 g/mol. The molecule has 0 radical (unpaired) electrons. The van der Waals surface area contributed by atoms with Crippen molar-refractivity contribution in [3.8, 4) is 11.5 Å². The summed E-state index contributed by atoms with van der Waals surface area (Å²) in [6.07, 6.45) is 3.68. The summed E-state index contributed by atoms with van der Waals surface area (Å²) < 4.78 is 12.7. The molecule has 3 aromatic rings. The van der Waals surface area contributed by atoms with Crippen molar-refractivity contribution >= 4 is 5.52 Å². The number of methoxy groups -OCH3 is 2. The lowest BCUT2D eigenvalue weighted by Crippen LogP contribution is -2.14.